The number of benzene rings is 1. The van der Waals surface area contributed by atoms with Gasteiger partial charge in [-0.1, -0.05) is 19.1 Å². The van der Waals surface area contributed by atoms with Crippen molar-refractivity contribution in [2.24, 2.45) is 11.7 Å². The number of rotatable bonds is 2. The Morgan fingerprint density at radius 3 is 2.63 bits per heavy atom. The molecule has 0 saturated carbocycles. The minimum Gasteiger partial charge on any atom is -0.327 e. The molecule has 1 aliphatic rings. The van der Waals surface area contributed by atoms with Crippen LogP contribution in [0.25, 0.3) is 0 Å². The van der Waals surface area contributed by atoms with Gasteiger partial charge in [-0.15, -0.1) is 12.4 Å². The Morgan fingerprint density at radius 1 is 1.37 bits per heavy atom. The Labute approximate surface area is 121 Å². The lowest BCUT2D eigenvalue weighted by Crippen LogP contribution is -2.48. The van der Waals surface area contributed by atoms with E-state index in [9.17, 15) is 8.42 Å². The molecule has 1 aliphatic heterocycles. The van der Waals surface area contributed by atoms with E-state index in [1.54, 1.807) is 22.5 Å². The van der Waals surface area contributed by atoms with E-state index in [-0.39, 0.29) is 24.4 Å². The maximum absolute atomic E-state index is 12.5. The summed E-state index contributed by atoms with van der Waals surface area (Å²) in [5.74, 6) is 0.207. The van der Waals surface area contributed by atoms with Crippen molar-refractivity contribution in [3.8, 4) is 0 Å². The maximum Gasteiger partial charge on any atom is 0.243 e. The van der Waals surface area contributed by atoms with Gasteiger partial charge in [-0.3, -0.25) is 0 Å². The highest BCUT2D eigenvalue weighted by Gasteiger charge is 2.31. The summed E-state index contributed by atoms with van der Waals surface area (Å²) in [6, 6.07) is 7.15. The third-order valence-electron chi connectivity index (χ3n) is 3.56. The molecule has 108 valence electrons. The van der Waals surface area contributed by atoms with E-state index in [1.165, 1.54) is 0 Å². The lowest BCUT2D eigenvalue weighted by Gasteiger charge is -2.34. The van der Waals surface area contributed by atoms with Gasteiger partial charge < -0.3 is 5.73 Å². The molecule has 4 nitrogen and oxygen atoms in total. The van der Waals surface area contributed by atoms with Crippen molar-refractivity contribution in [1.82, 2.24) is 4.31 Å². The van der Waals surface area contributed by atoms with Gasteiger partial charge >= 0.3 is 0 Å². The predicted octanol–water partition coefficient (Wildman–Crippen LogP) is 1.77. The fourth-order valence-electron chi connectivity index (χ4n) is 2.27. The molecule has 1 fully saturated rings. The first-order chi connectivity index (χ1) is 8.41. The third-order valence-corrected chi connectivity index (χ3v) is 5.42. The number of hydrogen-bond donors (Lipinski definition) is 1. The van der Waals surface area contributed by atoms with Gasteiger partial charge in [0.2, 0.25) is 10.0 Å². The van der Waals surface area contributed by atoms with E-state index in [2.05, 4.69) is 0 Å². The van der Waals surface area contributed by atoms with Crippen LogP contribution in [0, 0.1) is 12.8 Å². The van der Waals surface area contributed by atoms with Crippen molar-refractivity contribution >= 4 is 22.4 Å². The van der Waals surface area contributed by atoms with Gasteiger partial charge in [-0.2, -0.15) is 4.31 Å². The second-order valence-electron chi connectivity index (χ2n) is 5.11. The zero-order chi connectivity index (χ0) is 13.3. The number of halogens is 1. The van der Waals surface area contributed by atoms with Crippen molar-refractivity contribution in [3.05, 3.63) is 29.8 Å². The van der Waals surface area contributed by atoms with Crippen LogP contribution in [-0.4, -0.2) is 31.9 Å². The molecule has 0 radical (unpaired) electrons. The van der Waals surface area contributed by atoms with Crippen molar-refractivity contribution < 1.29 is 8.42 Å². The fraction of sp³-hybridized carbons (Fsp3) is 0.538. The number of piperidine rings is 1. The molecule has 1 aromatic rings. The Morgan fingerprint density at radius 2 is 2.05 bits per heavy atom. The number of aryl methyl sites for hydroxylation is 1. The molecular weight excluding hydrogens is 284 g/mol. The van der Waals surface area contributed by atoms with Gasteiger partial charge in [0, 0.05) is 19.1 Å². The molecule has 0 aromatic heterocycles. The summed E-state index contributed by atoms with van der Waals surface area (Å²) in [6.45, 7) is 4.93. The fourth-order valence-corrected chi connectivity index (χ4v) is 3.93. The normalized spacial score (nSPS) is 24.8. The van der Waals surface area contributed by atoms with Crippen LogP contribution in [-0.2, 0) is 10.0 Å². The molecule has 0 aliphatic carbocycles. The molecule has 19 heavy (non-hydrogen) atoms. The molecule has 2 atom stereocenters. The van der Waals surface area contributed by atoms with Crippen LogP contribution >= 0.6 is 12.4 Å². The van der Waals surface area contributed by atoms with Crippen molar-refractivity contribution in [1.29, 1.82) is 0 Å². The van der Waals surface area contributed by atoms with E-state index in [0.29, 0.717) is 18.0 Å². The molecule has 0 bridgehead atoms. The monoisotopic (exact) mass is 304 g/mol. The molecule has 2 rings (SSSR count). The Bertz CT molecular complexity index is 533. The highest BCUT2D eigenvalue weighted by atomic mass is 35.5. The quantitative estimate of drug-likeness (QED) is 0.906. The van der Waals surface area contributed by atoms with Crippen molar-refractivity contribution in [3.63, 3.8) is 0 Å². The standard InChI is InChI=1S/C13H20N2O2S.ClH/c1-10-4-3-5-12(8-10)18(16,17)15-7-6-13(14)11(2)9-15;/h3-5,8,11,13H,6-7,9,14H2,1-2H3;1H. The second-order valence-corrected chi connectivity index (χ2v) is 7.05. The molecule has 1 saturated heterocycles. The van der Waals surface area contributed by atoms with Crippen LogP contribution in [0.2, 0.25) is 0 Å². The van der Waals surface area contributed by atoms with Crippen LogP contribution in [0.1, 0.15) is 18.9 Å². The first-order valence-electron chi connectivity index (χ1n) is 6.23. The van der Waals surface area contributed by atoms with Gasteiger partial charge in [-0.05, 0) is 37.0 Å². The highest BCUT2D eigenvalue weighted by Crippen LogP contribution is 2.23. The first-order valence-corrected chi connectivity index (χ1v) is 7.67. The average molecular weight is 305 g/mol. The van der Waals surface area contributed by atoms with Crippen molar-refractivity contribution in [2.75, 3.05) is 13.1 Å². The van der Waals surface area contributed by atoms with Gasteiger partial charge in [0.25, 0.3) is 0 Å². The molecule has 2 unspecified atom stereocenters. The summed E-state index contributed by atoms with van der Waals surface area (Å²) in [7, 11) is -3.36. The Hall–Kier alpha value is -0.620. The number of nitrogens with zero attached hydrogens (tertiary/aromatic N) is 1. The number of hydrogen-bond acceptors (Lipinski definition) is 3. The summed E-state index contributed by atoms with van der Waals surface area (Å²) >= 11 is 0. The summed E-state index contributed by atoms with van der Waals surface area (Å²) in [4.78, 5) is 0.380. The second kappa shape index (κ2) is 6.22. The molecule has 0 amide bonds. The molecule has 0 spiro atoms. The summed E-state index contributed by atoms with van der Waals surface area (Å²) < 4.78 is 26.5. The van der Waals surface area contributed by atoms with Crippen LogP contribution in [0.15, 0.2) is 29.2 Å². The topological polar surface area (TPSA) is 63.4 Å². The maximum atomic E-state index is 12.5. The predicted molar refractivity (Wildman–Crippen MR) is 78.9 cm³/mol. The number of sulfonamides is 1. The van der Waals surface area contributed by atoms with E-state index in [1.807, 2.05) is 19.9 Å². The zero-order valence-electron chi connectivity index (χ0n) is 11.2. The van der Waals surface area contributed by atoms with Crippen molar-refractivity contribution in [2.45, 2.75) is 31.2 Å². The smallest absolute Gasteiger partial charge is 0.243 e. The summed E-state index contributed by atoms with van der Waals surface area (Å²) in [5.41, 5.74) is 6.88. The van der Waals surface area contributed by atoms with Crippen LogP contribution in [0.4, 0.5) is 0 Å². The van der Waals surface area contributed by atoms with Gasteiger partial charge in [-0.25, -0.2) is 8.42 Å². The number of nitrogens with two attached hydrogens (primary N) is 1. The van der Waals surface area contributed by atoms with Gasteiger partial charge in [0.15, 0.2) is 0 Å². The highest BCUT2D eigenvalue weighted by molar-refractivity contribution is 7.89. The van der Waals surface area contributed by atoms with Crippen LogP contribution in [0.5, 0.6) is 0 Å². The van der Waals surface area contributed by atoms with E-state index < -0.39 is 10.0 Å². The molecular formula is C13H21ClN2O2S. The van der Waals surface area contributed by atoms with E-state index in [4.69, 9.17) is 5.73 Å². The first kappa shape index (κ1) is 16.4. The minimum absolute atomic E-state index is 0. The van der Waals surface area contributed by atoms with Crippen LogP contribution < -0.4 is 5.73 Å². The van der Waals surface area contributed by atoms with Gasteiger partial charge in [0.1, 0.15) is 0 Å². The molecule has 1 heterocycles. The summed E-state index contributed by atoms with van der Waals surface area (Å²) in [5, 5.41) is 0. The lowest BCUT2D eigenvalue weighted by molar-refractivity contribution is 0.250. The lowest BCUT2D eigenvalue weighted by atomic mass is 9.96. The third kappa shape index (κ3) is 3.48. The molecule has 2 N–H and O–H groups in total. The SMILES string of the molecule is Cc1cccc(S(=O)(=O)N2CCC(N)C(C)C2)c1.Cl. The minimum atomic E-state index is -3.36. The Balaban J connectivity index is 0.00000180. The molecule has 6 heteroatoms. The average Bonchev–Trinajstić information content (AvgIpc) is 2.32. The summed E-state index contributed by atoms with van der Waals surface area (Å²) in [6.07, 6.45) is 0.728. The zero-order valence-corrected chi connectivity index (χ0v) is 12.9. The van der Waals surface area contributed by atoms with E-state index >= 15 is 0 Å². The Kier molecular flexibility index (Phi) is 5.38. The largest absolute Gasteiger partial charge is 0.327 e. The van der Waals surface area contributed by atoms with Gasteiger partial charge in [0.05, 0.1) is 4.90 Å². The van der Waals surface area contributed by atoms with Crippen LogP contribution in [0.3, 0.4) is 0 Å². The molecule has 1 aromatic carbocycles. The van der Waals surface area contributed by atoms with E-state index in [0.717, 1.165) is 12.0 Å².